The number of hydrogen-bond acceptors (Lipinski definition) is 4. The van der Waals surface area contributed by atoms with Crippen molar-refractivity contribution in [3.63, 3.8) is 0 Å². The van der Waals surface area contributed by atoms with Crippen LogP contribution in [0.25, 0.3) is 0 Å². The third-order valence-corrected chi connectivity index (χ3v) is 4.18. The quantitative estimate of drug-likeness (QED) is 0.887. The summed E-state index contributed by atoms with van der Waals surface area (Å²) < 4.78 is 1.36. The number of nitrogens with zero attached hydrogens (tertiary/aromatic N) is 3. The Morgan fingerprint density at radius 3 is 3.04 bits per heavy atom. The number of carbonyl (C=O) groups excluding carboxylic acids is 1. The number of benzene rings is 1. The highest BCUT2D eigenvalue weighted by Crippen LogP contribution is 2.23. The Morgan fingerprint density at radius 2 is 2.25 bits per heavy atom. The number of hydrogen-bond donors (Lipinski definition) is 2. The summed E-state index contributed by atoms with van der Waals surface area (Å²) in [5.74, 6) is 0.0159. The summed E-state index contributed by atoms with van der Waals surface area (Å²) in [5.41, 5.74) is 0.686. The van der Waals surface area contributed by atoms with Crippen LogP contribution in [0.1, 0.15) is 6.42 Å². The van der Waals surface area contributed by atoms with Crippen LogP contribution in [-0.2, 0) is 7.05 Å². The van der Waals surface area contributed by atoms with E-state index in [0.717, 1.165) is 18.7 Å². The monoisotopic (exact) mass is 347 g/mol. The molecule has 126 valence electrons. The molecule has 1 saturated heterocycles. The number of anilines is 2. The number of aromatic nitrogens is 2. The number of amides is 2. The molecule has 1 aliphatic heterocycles. The summed E-state index contributed by atoms with van der Waals surface area (Å²) in [7, 11) is 1.60. The van der Waals surface area contributed by atoms with Gasteiger partial charge in [0.1, 0.15) is 0 Å². The topological polar surface area (TPSA) is 79.3 Å². The van der Waals surface area contributed by atoms with E-state index in [0.29, 0.717) is 11.6 Å². The van der Waals surface area contributed by atoms with Gasteiger partial charge in [0, 0.05) is 49.3 Å². The van der Waals surface area contributed by atoms with Crippen molar-refractivity contribution in [2.24, 2.45) is 7.05 Å². The molecule has 24 heavy (non-hydrogen) atoms. The van der Waals surface area contributed by atoms with Gasteiger partial charge >= 0.3 is 6.03 Å². The largest absolute Gasteiger partial charge is 0.369 e. The fourth-order valence-electron chi connectivity index (χ4n) is 2.70. The summed E-state index contributed by atoms with van der Waals surface area (Å²) in [6, 6.07) is 7.20. The van der Waals surface area contributed by atoms with Gasteiger partial charge in [-0.15, -0.1) is 0 Å². The molecule has 0 spiro atoms. The van der Waals surface area contributed by atoms with Crippen molar-refractivity contribution in [3.05, 3.63) is 52.0 Å². The predicted octanol–water partition coefficient (Wildman–Crippen LogP) is 1.83. The van der Waals surface area contributed by atoms with E-state index in [4.69, 9.17) is 11.6 Å². The molecule has 0 saturated carbocycles. The lowest BCUT2D eigenvalue weighted by molar-refractivity contribution is 0.249. The standard InChI is InChI=1S/C16H18ClN5O2/c1-21-8-6-18-14(15(21)23)20-16(24)19-12-5-7-22(10-12)13-4-2-3-11(17)9-13/h2-4,6,8-9,12H,5,7,10H2,1H3,(H2,18,19,20,24). The first-order valence-electron chi connectivity index (χ1n) is 7.62. The van der Waals surface area contributed by atoms with Crippen LogP contribution in [0.4, 0.5) is 16.3 Å². The summed E-state index contributed by atoms with van der Waals surface area (Å²) in [6.45, 7) is 1.52. The second-order valence-corrected chi connectivity index (χ2v) is 6.14. The zero-order valence-corrected chi connectivity index (χ0v) is 14.0. The molecular weight excluding hydrogens is 330 g/mol. The maximum absolute atomic E-state index is 12.1. The zero-order chi connectivity index (χ0) is 17.1. The zero-order valence-electron chi connectivity index (χ0n) is 13.2. The molecule has 1 aromatic carbocycles. The van der Waals surface area contributed by atoms with Gasteiger partial charge in [0.05, 0.1) is 0 Å². The first-order valence-corrected chi connectivity index (χ1v) is 8.00. The molecule has 7 nitrogen and oxygen atoms in total. The minimum Gasteiger partial charge on any atom is -0.369 e. The van der Waals surface area contributed by atoms with Crippen LogP contribution in [0.15, 0.2) is 41.5 Å². The van der Waals surface area contributed by atoms with Gasteiger partial charge in [-0.25, -0.2) is 9.78 Å². The Kier molecular flexibility index (Phi) is 4.71. The van der Waals surface area contributed by atoms with Crippen molar-refractivity contribution in [2.45, 2.75) is 12.5 Å². The lowest BCUT2D eigenvalue weighted by atomic mass is 10.3. The van der Waals surface area contributed by atoms with E-state index in [-0.39, 0.29) is 17.4 Å². The van der Waals surface area contributed by atoms with Gasteiger partial charge in [-0.3, -0.25) is 10.1 Å². The summed E-state index contributed by atoms with van der Waals surface area (Å²) >= 11 is 6.02. The summed E-state index contributed by atoms with van der Waals surface area (Å²) in [4.78, 5) is 30.0. The van der Waals surface area contributed by atoms with Gasteiger partial charge in [-0.2, -0.15) is 0 Å². The predicted molar refractivity (Wildman–Crippen MR) is 93.7 cm³/mol. The first-order chi connectivity index (χ1) is 11.5. The molecule has 2 aromatic rings. The normalized spacial score (nSPS) is 16.9. The van der Waals surface area contributed by atoms with E-state index in [1.807, 2.05) is 24.3 Å². The third-order valence-electron chi connectivity index (χ3n) is 3.95. The van der Waals surface area contributed by atoms with Gasteiger partial charge in [-0.1, -0.05) is 17.7 Å². The Labute approximate surface area is 144 Å². The van der Waals surface area contributed by atoms with Gasteiger partial charge in [0.15, 0.2) is 0 Å². The molecular formula is C16H18ClN5O2. The van der Waals surface area contributed by atoms with E-state index >= 15 is 0 Å². The SMILES string of the molecule is Cn1ccnc(NC(=O)NC2CCN(c3cccc(Cl)c3)C2)c1=O. The molecule has 1 atom stereocenters. The van der Waals surface area contributed by atoms with Crippen LogP contribution >= 0.6 is 11.6 Å². The Hall–Kier alpha value is -2.54. The Morgan fingerprint density at radius 1 is 1.42 bits per heavy atom. The summed E-state index contributed by atoms with van der Waals surface area (Å²) in [5, 5.41) is 6.07. The van der Waals surface area contributed by atoms with E-state index in [2.05, 4.69) is 20.5 Å². The van der Waals surface area contributed by atoms with Crippen molar-refractivity contribution in [3.8, 4) is 0 Å². The van der Waals surface area contributed by atoms with Crippen molar-refractivity contribution in [1.82, 2.24) is 14.9 Å². The minimum absolute atomic E-state index is 0.00320. The van der Waals surface area contributed by atoms with Gasteiger partial charge in [-0.05, 0) is 24.6 Å². The Balaban J connectivity index is 1.58. The third kappa shape index (κ3) is 3.68. The highest BCUT2D eigenvalue weighted by Gasteiger charge is 2.24. The molecule has 1 aliphatic rings. The average molecular weight is 348 g/mol. The van der Waals surface area contributed by atoms with Crippen LogP contribution in [-0.4, -0.2) is 34.7 Å². The molecule has 2 N–H and O–H groups in total. The highest BCUT2D eigenvalue weighted by atomic mass is 35.5. The number of aryl methyl sites for hydroxylation is 1. The number of urea groups is 1. The van der Waals surface area contributed by atoms with E-state index < -0.39 is 6.03 Å². The Bertz CT molecular complexity index is 807. The van der Waals surface area contributed by atoms with Crippen LogP contribution in [0, 0.1) is 0 Å². The summed E-state index contributed by atoms with van der Waals surface area (Å²) in [6.07, 6.45) is 3.82. The van der Waals surface area contributed by atoms with Gasteiger partial charge < -0.3 is 14.8 Å². The van der Waals surface area contributed by atoms with Crippen LogP contribution in [0.3, 0.4) is 0 Å². The number of halogens is 1. The van der Waals surface area contributed by atoms with Crippen molar-refractivity contribution >= 4 is 29.1 Å². The molecule has 0 bridgehead atoms. The molecule has 1 aromatic heterocycles. The molecule has 2 amide bonds. The molecule has 1 fully saturated rings. The van der Waals surface area contributed by atoms with E-state index in [9.17, 15) is 9.59 Å². The van der Waals surface area contributed by atoms with Crippen molar-refractivity contribution in [2.75, 3.05) is 23.3 Å². The van der Waals surface area contributed by atoms with Crippen molar-refractivity contribution < 1.29 is 4.79 Å². The lowest BCUT2D eigenvalue weighted by Crippen LogP contribution is -2.41. The molecule has 0 radical (unpaired) electrons. The van der Waals surface area contributed by atoms with Crippen LogP contribution in [0.2, 0.25) is 5.02 Å². The maximum Gasteiger partial charge on any atom is 0.320 e. The second-order valence-electron chi connectivity index (χ2n) is 5.70. The van der Waals surface area contributed by atoms with E-state index in [1.54, 1.807) is 7.05 Å². The average Bonchev–Trinajstić information content (AvgIpc) is 3.00. The number of carbonyl (C=O) groups is 1. The van der Waals surface area contributed by atoms with Crippen LogP contribution in [0.5, 0.6) is 0 Å². The molecule has 3 rings (SSSR count). The second kappa shape index (κ2) is 6.92. The molecule has 2 heterocycles. The highest BCUT2D eigenvalue weighted by molar-refractivity contribution is 6.30. The first kappa shape index (κ1) is 16.3. The maximum atomic E-state index is 12.1. The van der Waals surface area contributed by atoms with Crippen molar-refractivity contribution in [1.29, 1.82) is 0 Å². The number of nitrogens with one attached hydrogen (secondary N) is 2. The lowest BCUT2D eigenvalue weighted by Gasteiger charge is -2.19. The van der Waals surface area contributed by atoms with Gasteiger partial charge in [0.2, 0.25) is 5.82 Å². The molecule has 0 aliphatic carbocycles. The smallest absolute Gasteiger partial charge is 0.320 e. The fourth-order valence-corrected chi connectivity index (χ4v) is 2.88. The van der Waals surface area contributed by atoms with E-state index in [1.165, 1.54) is 17.0 Å². The van der Waals surface area contributed by atoms with Gasteiger partial charge in [0.25, 0.3) is 5.56 Å². The van der Waals surface area contributed by atoms with Crippen LogP contribution < -0.4 is 21.1 Å². The molecule has 8 heteroatoms. The molecule has 1 unspecified atom stereocenters. The number of rotatable bonds is 3. The minimum atomic E-state index is -0.427. The fraction of sp³-hybridized carbons (Fsp3) is 0.312.